The summed E-state index contributed by atoms with van der Waals surface area (Å²) < 4.78 is 10.6. The minimum absolute atomic E-state index is 0.0202. The van der Waals surface area contributed by atoms with Crippen molar-refractivity contribution in [1.29, 1.82) is 0 Å². The number of ether oxygens (including phenoxy) is 1. The van der Waals surface area contributed by atoms with Gasteiger partial charge in [0.05, 0.1) is 5.69 Å². The molecule has 1 aromatic carbocycles. The summed E-state index contributed by atoms with van der Waals surface area (Å²) in [6, 6.07) is 4.99. The van der Waals surface area contributed by atoms with Crippen LogP contribution in [0.15, 0.2) is 22.6 Å². The highest BCUT2D eigenvalue weighted by atomic mass is 16.5. The highest BCUT2D eigenvalue weighted by Crippen LogP contribution is 2.32. The van der Waals surface area contributed by atoms with E-state index in [1.54, 1.807) is 18.2 Å². The monoisotopic (exact) mass is 274 g/mol. The summed E-state index contributed by atoms with van der Waals surface area (Å²) in [4.78, 5) is 26.1. The molecule has 0 fully saturated rings. The highest BCUT2D eigenvalue weighted by Gasteiger charge is 2.20. The lowest BCUT2D eigenvalue weighted by Gasteiger charge is -2.17. The van der Waals surface area contributed by atoms with Gasteiger partial charge in [0.1, 0.15) is 11.5 Å². The van der Waals surface area contributed by atoms with E-state index < -0.39 is 5.97 Å². The molecule has 0 spiro atoms. The predicted molar refractivity (Wildman–Crippen MR) is 67.8 cm³/mol. The number of aromatic nitrogens is 1. The van der Waals surface area contributed by atoms with Gasteiger partial charge in [-0.3, -0.25) is 4.79 Å². The minimum atomic E-state index is -1.15. The zero-order valence-corrected chi connectivity index (χ0v) is 10.5. The molecule has 2 N–H and O–H groups in total. The summed E-state index contributed by atoms with van der Waals surface area (Å²) in [7, 11) is 0. The number of hydrogen-bond acceptors (Lipinski definition) is 5. The Morgan fingerprint density at radius 3 is 2.95 bits per heavy atom. The van der Waals surface area contributed by atoms with Crippen LogP contribution < -0.4 is 10.1 Å². The van der Waals surface area contributed by atoms with Crippen molar-refractivity contribution in [1.82, 2.24) is 4.98 Å². The van der Waals surface area contributed by atoms with E-state index in [4.69, 9.17) is 14.3 Å². The number of carboxylic acid groups (broad SMARTS) is 1. The van der Waals surface area contributed by atoms with E-state index in [0.29, 0.717) is 17.0 Å². The fourth-order valence-electron chi connectivity index (χ4n) is 1.93. The molecule has 7 nitrogen and oxygen atoms in total. The number of fused-ring (bicyclic) bond motifs is 1. The number of carbonyl (C=O) groups is 2. The summed E-state index contributed by atoms with van der Waals surface area (Å²) >= 11 is 0. The van der Waals surface area contributed by atoms with Gasteiger partial charge in [-0.1, -0.05) is 0 Å². The smallest absolute Gasteiger partial charge is 0.358 e. The van der Waals surface area contributed by atoms with Crippen molar-refractivity contribution in [2.45, 2.75) is 6.92 Å². The molecule has 7 heteroatoms. The lowest BCUT2D eigenvalue weighted by Crippen LogP contribution is -2.25. The summed E-state index contributed by atoms with van der Waals surface area (Å²) in [5.41, 5.74) is 0.939. The van der Waals surface area contributed by atoms with Gasteiger partial charge < -0.3 is 19.6 Å². The SMILES string of the molecule is Cc1oc(-c2ccc3c(c2)NC(=O)CO3)nc1C(=O)O. The van der Waals surface area contributed by atoms with Gasteiger partial charge in [-0.2, -0.15) is 0 Å². The molecule has 1 aliphatic heterocycles. The van der Waals surface area contributed by atoms with Crippen molar-refractivity contribution in [2.24, 2.45) is 0 Å². The van der Waals surface area contributed by atoms with Crippen LogP contribution in [-0.4, -0.2) is 28.6 Å². The molecule has 0 unspecified atom stereocenters. The average Bonchev–Trinajstić information content (AvgIpc) is 2.80. The van der Waals surface area contributed by atoms with Crippen LogP contribution in [0.25, 0.3) is 11.5 Å². The molecule has 0 saturated heterocycles. The van der Waals surface area contributed by atoms with Crippen LogP contribution in [0.2, 0.25) is 0 Å². The predicted octanol–water partition coefficient (Wildman–Crippen LogP) is 1.68. The van der Waals surface area contributed by atoms with Crippen LogP contribution in [-0.2, 0) is 4.79 Å². The lowest BCUT2D eigenvalue weighted by molar-refractivity contribution is -0.118. The summed E-state index contributed by atoms with van der Waals surface area (Å²) in [5.74, 6) is -0.431. The molecule has 0 saturated carbocycles. The van der Waals surface area contributed by atoms with E-state index >= 15 is 0 Å². The van der Waals surface area contributed by atoms with Gasteiger partial charge in [0.2, 0.25) is 5.89 Å². The second kappa shape index (κ2) is 4.37. The molecule has 2 heterocycles. The molecule has 2 aromatic rings. The Morgan fingerprint density at radius 1 is 1.45 bits per heavy atom. The number of nitrogens with zero attached hydrogens (tertiary/aromatic N) is 1. The van der Waals surface area contributed by atoms with Crippen LogP contribution in [0.5, 0.6) is 5.75 Å². The third kappa shape index (κ3) is 1.99. The van der Waals surface area contributed by atoms with E-state index in [2.05, 4.69) is 10.3 Å². The number of benzene rings is 1. The fourth-order valence-corrected chi connectivity index (χ4v) is 1.93. The Kier molecular flexibility index (Phi) is 2.67. The van der Waals surface area contributed by atoms with E-state index in [-0.39, 0.29) is 29.9 Å². The van der Waals surface area contributed by atoms with Crippen LogP contribution >= 0.6 is 0 Å². The lowest BCUT2D eigenvalue weighted by atomic mass is 10.1. The Bertz CT molecular complexity index is 720. The number of hydrogen-bond donors (Lipinski definition) is 2. The van der Waals surface area contributed by atoms with E-state index in [1.165, 1.54) is 6.92 Å². The molecule has 0 bridgehead atoms. The number of nitrogens with one attached hydrogen (secondary N) is 1. The van der Waals surface area contributed by atoms with Crippen molar-refractivity contribution < 1.29 is 23.8 Å². The van der Waals surface area contributed by atoms with Crippen molar-refractivity contribution >= 4 is 17.6 Å². The zero-order chi connectivity index (χ0) is 14.3. The molecule has 0 radical (unpaired) electrons. The van der Waals surface area contributed by atoms with Crippen LogP contribution in [0.1, 0.15) is 16.2 Å². The first-order valence-corrected chi connectivity index (χ1v) is 5.82. The minimum Gasteiger partial charge on any atom is -0.482 e. The van der Waals surface area contributed by atoms with E-state index in [9.17, 15) is 9.59 Å². The summed E-state index contributed by atoms with van der Waals surface area (Å²) in [6.07, 6.45) is 0. The third-order valence-electron chi connectivity index (χ3n) is 2.86. The van der Waals surface area contributed by atoms with Crippen LogP contribution in [0.4, 0.5) is 5.69 Å². The van der Waals surface area contributed by atoms with Crippen molar-refractivity contribution in [3.8, 4) is 17.2 Å². The number of carbonyl (C=O) groups excluding carboxylic acids is 1. The number of oxazole rings is 1. The number of anilines is 1. The Hall–Kier alpha value is -2.83. The summed E-state index contributed by atoms with van der Waals surface area (Å²) in [6.45, 7) is 1.51. The molecule has 0 aliphatic carbocycles. The molecule has 1 aromatic heterocycles. The number of amides is 1. The Morgan fingerprint density at radius 2 is 2.25 bits per heavy atom. The van der Waals surface area contributed by atoms with Gasteiger partial charge in [-0.05, 0) is 25.1 Å². The molecule has 102 valence electrons. The molecular weight excluding hydrogens is 264 g/mol. The largest absolute Gasteiger partial charge is 0.482 e. The molecule has 3 rings (SSSR count). The standard InChI is InChI=1S/C13H10N2O5/c1-6-11(13(17)18)15-12(20-6)7-2-3-9-8(4-7)14-10(16)5-19-9/h2-4H,5H2,1H3,(H,14,16)(H,17,18). The number of aryl methyl sites for hydroxylation is 1. The normalized spacial score (nSPS) is 13.3. The molecule has 1 amide bonds. The number of rotatable bonds is 2. The molecular formula is C13H10N2O5. The van der Waals surface area contributed by atoms with Gasteiger partial charge in [0.15, 0.2) is 12.3 Å². The maximum Gasteiger partial charge on any atom is 0.358 e. The maximum absolute atomic E-state index is 11.3. The Labute approximate surface area is 113 Å². The van der Waals surface area contributed by atoms with Crippen molar-refractivity contribution in [3.63, 3.8) is 0 Å². The maximum atomic E-state index is 11.3. The molecule has 1 aliphatic rings. The quantitative estimate of drug-likeness (QED) is 0.863. The average molecular weight is 274 g/mol. The van der Waals surface area contributed by atoms with E-state index in [1.807, 2.05) is 0 Å². The summed E-state index contributed by atoms with van der Waals surface area (Å²) in [5, 5.41) is 11.6. The number of aromatic carboxylic acids is 1. The van der Waals surface area contributed by atoms with Crippen LogP contribution in [0, 0.1) is 6.92 Å². The van der Waals surface area contributed by atoms with Gasteiger partial charge in [-0.25, -0.2) is 9.78 Å². The second-order valence-corrected chi connectivity index (χ2v) is 4.28. The van der Waals surface area contributed by atoms with E-state index in [0.717, 1.165) is 0 Å². The first-order valence-electron chi connectivity index (χ1n) is 5.82. The molecule has 20 heavy (non-hydrogen) atoms. The molecule has 0 atom stereocenters. The second-order valence-electron chi connectivity index (χ2n) is 4.28. The topological polar surface area (TPSA) is 102 Å². The van der Waals surface area contributed by atoms with Gasteiger partial charge in [0.25, 0.3) is 5.91 Å². The van der Waals surface area contributed by atoms with Gasteiger partial charge >= 0.3 is 5.97 Å². The fraction of sp³-hybridized carbons (Fsp3) is 0.154. The van der Waals surface area contributed by atoms with Crippen LogP contribution in [0.3, 0.4) is 0 Å². The van der Waals surface area contributed by atoms with Crippen molar-refractivity contribution in [3.05, 3.63) is 29.7 Å². The first kappa shape index (κ1) is 12.2. The number of carboxylic acids is 1. The van der Waals surface area contributed by atoms with Gasteiger partial charge in [-0.15, -0.1) is 0 Å². The first-order chi connectivity index (χ1) is 9.54. The highest BCUT2D eigenvalue weighted by molar-refractivity contribution is 5.96. The van der Waals surface area contributed by atoms with Crippen molar-refractivity contribution in [2.75, 3.05) is 11.9 Å². The third-order valence-corrected chi connectivity index (χ3v) is 2.86. The zero-order valence-electron chi connectivity index (χ0n) is 10.5. The van der Waals surface area contributed by atoms with Gasteiger partial charge in [0, 0.05) is 5.56 Å². The Balaban J connectivity index is 2.03.